The summed E-state index contributed by atoms with van der Waals surface area (Å²) in [4.78, 5) is 22.6. The molecule has 19 heavy (non-hydrogen) atoms. The van der Waals surface area contributed by atoms with Gasteiger partial charge in [-0.25, -0.2) is 20.4 Å². The average Bonchev–Trinajstić information content (AvgIpc) is 2.85. The number of hydrogen-bond acceptors (Lipinski definition) is 5. The van der Waals surface area contributed by atoms with Crippen LogP contribution in [0, 0.1) is 4.91 Å². The van der Waals surface area contributed by atoms with Crippen LogP contribution in [-0.4, -0.2) is 19.5 Å². The van der Waals surface area contributed by atoms with E-state index in [4.69, 9.17) is 0 Å². The molecule has 7 heteroatoms. The molecule has 0 aliphatic rings. The maximum atomic E-state index is 10.3. The van der Waals surface area contributed by atoms with Gasteiger partial charge in [-0.15, -0.1) is 4.91 Å². The molecule has 2 aromatic heterocycles. The van der Waals surface area contributed by atoms with Gasteiger partial charge in [0, 0.05) is 0 Å². The summed E-state index contributed by atoms with van der Waals surface area (Å²) in [7, 11) is 0. The van der Waals surface area contributed by atoms with E-state index in [2.05, 4.69) is 25.7 Å². The standard InChI is InChI=1S/C12H10N6O/c19-17-16-11-10-12(14-7-13-11)18(8-15-10)6-9-4-2-1-3-5-9/h1-5,7-8H,6H2,(H,13,14,16,19). The minimum Gasteiger partial charge on any atom is -0.311 e. The van der Waals surface area contributed by atoms with Gasteiger partial charge in [0.25, 0.3) is 0 Å². The number of nitrogens with one attached hydrogen (secondary N) is 1. The Morgan fingerprint density at radius 3 is 2.79 bits per heavy atom. The Hall–Kier alpha value is -2.83. The number of imidazole rings is 1. The lowest BCUT2D eigenvalue weighted by molar-refractivity contribution is 0.813. The Morgan fingerprint density at radius 2 is 2.00 bits per heavy atom. The molecule has 3 aromatic rings. The van der Waals surface area contributed by atoms with Crippen molar-refractivity contribution < 1.29 is 0 Å². The first-order chi connectivity index (χ1) is 9.38. The highest BCUT2D eigenvalue weighted by atomic mass is 16.3. The third-order valence-electron chi connectivity index (χ3n) is 2.75. The third kappa shape index (κ3) is 2.13. The van der Waals surface area contributed by atoms with E-state index < -0.39 is 0 Å². The minimum atomic E-state index is 0.312. The fourth-order valence-electron chi connectivity index (χ4n) is 1.90. The first-order valence-electron chi connectivity index (χ1n) is 5.66. The second-order valence-electron chi connectivity index (χ2n) is 3.96. The van der Waals surface area contributed by atoms with Gasteiger partial charge < -0.3 is 4.57 Å². The largest absolute Gasteiger partial charge is 0.311 e. The molecule has 0 atom stereocenters. The van der Waals surface area contributed by atoms with Gasteiger partial charge in [0.1, 0.15) is 6.33 Å². The zero-order valence-electron chi connectivity index (χ0n) is 9.89. The predicted molar refractivity (Wildman–Crippen MR) is 70.3 cm³/mol. The molecule has 1 aromatic carbocycles. The Balaban J connectivity index is 2.01. The molecule has 3 rings (SSSR count). The van der Waals surface area contributed by atoms with Crippen molar-refractivity contribution in [1.29, 1.82) is 0 Å². The average molecular weight is 254 g/mol. The monoisotopic (exact) mass is 254 g/mol. The molecule has 2 heterocycles. The van der Waals surface area contributed by atoms with Crippen LogP contribution in [0.4, 0.5) is 5.82 Å². The summed E-state index contributed by atoms with van der Waals surface area (Å²) in [5.41, 5.74) is 4.60. The van der Waals surface area contributed by atoms with E-state index in [9.17, 15) is 4.91 Å². The summed E-state index contributed by atoms with van der Waals surface area (Å²) in [5, 5.41) is 2.61. The highest BCUT2D eigenvalue weighted by molar-refractivity contribution is 5.82. The molecule has 0 unspecified atom stereocenters. The van der Waals surface area contributed by atoms with Crippen LogP contribution < -0.4 is 5.43 Å². The third-order valence-corrected chi connectivity index (χ3v) is 2.75. The molecule has 0 fully saturated rings. The fourth-order valence-corrected chi connectivity index (χ4v) is 1.90. The number of benzene rings is 1. The van der Waals surface area contributed by atoms with E-state index in [0.717, 1.165) is 5.56 Å². The van der Waals surface area contributed by atoms with Crippen LogP contribution in [0.1, 0.15) is 5.56 Å². The Labute approximate surface area is 108 Å². The second-order valence-corrected chi connectivity index (χ2v) is 3.96. The summed E-state index contributed by atoms with van der Waals surface area (Å²) in [6.07, 6.45) is 3.04. The number of aromatic nitrogens is 4. The fraction of sp³-hybridized carbons (Fsp3) is 0.0833. The molecule has 7 nitrogen and oxygen atoms in total. The van der Waals surface area contributed by atoms with Crippen molar-refractivity contribution in [2.24, 2.45) is 5.29 Å². The quantitative estimate of drug-likeness (QED) is 0.568. The minimum absolute atomic E-state index is 0.312. The number of rotatable bonds is 4. The molecule has 0 bridgehead atoms. The lowest BCUT2D eigenvalue weighted by Gasteiger charge is -2.03. The van der Waals surface area contributed by atoms with Gasteiger partial charge in [-0.3, -0.25) is 0 Å². The van der Waals surface area contributed by atoms with Crippen molar-refractivity contribution in [3.8, 4) is 0 Å². The number of nitroso groups, excluding NO2 is 1. The molecular formula is C12H10N6O. The summed E-state index contributed by atoms with van der Waals surface area (Å²) in [5.74, 6) is 0.312. The maximum absolute atomic E-state index is 10.3. The second kappa shape index (κ2) is 4.81. The zero-order valence-corrected chi connectivity index (χ0v) is 9.89. The van der Waals surface area contributed by atoms with Crippen LogP contribution in [0.3, 0.4) is 0 Å². The normalized spacial score (nSPS) is 10.5. The van der Waals surface area contributed by atoms with Gasteiger partial charge in [0.2, 0.25) is 0 Å². The van der Waals surface area contributed by atoms with Crippen LogP contribution in [0.5, 0.6) is 0 Å². The van der Waals surface area contributed by atoms with Crippen molar-refractivity contribution in [3.05, 3.63) is 53.5 Å². The smallest absolute Gasteiger partial charge is 0.180 e. The molecule has 1 N–H and O–H groups in total. The van der Waals surface area contributed by atoms with Gasteiger partial charge >= 0.3 is 0 Å². The molecule has 0 saturated carbocycles. The van der Waals surface area contributed by atoms with Gasteiger partial charge in [-0.2, -0.15) is 0 Å². The van der Waals surface area contributed by atoms with Crippen LogP contribution in [0.25, 0.3) is 11.2 Å². The lowest BCUT2D eigenvalue weighted by Crippen LogP contribution is -2.00. The van der Waals surface area contributed by atoms with E-state index in [1.165, 1.54) is 6.33 Å². The Kier molecular flexibility index (Phi) is 2.85. The molecule has 0 radical (unpaired) electrons. The summed E-state index contributed by atoms with van der Waals surface area (Å²) >= 11 is 0. The summed E-state index contributed by atoms with van der Waals surface area (Å²) < 4.78 is 1.89. The first kappa shape index (κ1) is 11.3. The van der Waals surface area contributed by atoms with Crippen LogP contribution in [-0.2, 0) is 6.54 Å². The predicted octanol–water partition coefficient (Wildman–Crippen LogP) is 1.97. The van der Waals surface area contributed by atoms with Crippen LogP contribution in [0.2, 0.25) is 0 Å². The highest BCUT2D eigenvalue weighted by Crippen LogP contribution is 2.18. The summed E-state index contributed by atoms with van der Waals surface area (Å²) in [6.45, 7) is 0.655. The van der Waals surface area contributed by atoms with E-state index >= 15 is 0 Å². The van der Waals surface area contributed by atoms with E-state index in [-0.39, 0.29) is 0 Å². The van der Waals surface area contributed by atoms with Gasteiger partial charge in [-0.1, -0.05) is 30.3 Å². The van der Waals surface area contributed by atoms with E-state index in [0.29, 0.717) is 23.5 Å². The van der Waals surface area contributed by atoms with Crippen LogP contribution in [0.15, 0.2) is 48.3 Å². The molecule has 0 saturated heterocycles. The maximum Gasteiger partial charge on any atom is 0.180 e. The number of anilines is 1. The number of hydrogen-bond donors (Lipinski definition) is 1. The van der Waals surface area contributed by atoms with Crippen LogP contribution >= 0.6 is 0 Å². The van der Waals surface area contributed by atoms with E-state index in [1.807, 2.05) is 34.9 Å². The van der Waals surface area contributed by atoms with Gasteiger partial charge in [0.05, 0.1) is 18.2 Å². The molecule has 94 valence electrons. The van der Waals surface area contributed by atoms with Crippen molar-refractivity contribution in [1.82, 2.24) is 19.5 Å². The molecule has 0 spiro atoms. The van der Waals surface area contributed by atoms with Crippen molar-refractivity contribution in [2.45, 2.75) is 6.54 Å². The molecular weight excluding hydrogens is 244 g/mol. The molecule has 0 aliphatic heterocycles. The SMILES string of the molecule is O=NNc1ncnc2c1ncn2Cc1ccccc1. The molecule has 0 aliphatic carbocycles. The number of fused-ring (bicyclic) bond motifs is 1. The lowest BCUT2D eigenvalue weighted by atomic mass is 10.2. The topological polar surface area (TPSA) is 85.1 Å². The first-order valence-corrected chi connectivity index (χ1v) is 5.66. The van der Waals surface area contributed by atoms with Crippen molar-refractivity contribution >= 4 is 17.0 Å². The zero-order chi connectivity index (χ0) is 13.1. The van der Waals surface area contributed by atoms with Crippen molar-refractivity contribution in [3.63, 3.8) is 0 Å². The van der Waals surface area contributed by atoms with Gasteiger partial charge in [0.15, 0.2) is 17.0 Å². The Morgan fingerprint density at radius 1 is 1.16 bits per heavy atom. The Bertz CT molecular complexity index is 709. The van der Waals surface area contributed by atoms with Crippen molar-refractivity contribution in [2.75, 3.05) is 5.43 Å². The number of nitrogens with zero attached hydrogens (tertiary/aromatic N) is 5. The highest BCUT2D eigenvalue weighted by Gasteiger charge is 2.09. The summed E-state index contributed by atoms with van der Waals surface area (Å²) in [6, 6.07) is 9.98. The van der Waals surface area contributed by atoms with Gasteiger partial charge in [-0.05, 0) is 5.56 Å². The molecule has 0 amide bonds. The van der Waals surface area contributed by atoms with E-state index in [1.54, 1.807) is 6.33 Å².